The molecule has 0 saturated heterocycles. The lowest BCUT2D eigenvalue weighted by molar-refractivity contribution is 0.171. The lowest BCUT2D eigenvalue weighted by Crippen LogP contribution is -2.26. The van der Waals surface area contributed by atoms with Crippen LogP contribution < -0.4 is 14.8 Å². The third kappa shape index (κ3) is 5.79. The maximum absolute atomic E-state index is 5.61. The van der Waals surface area contributed by atoms with Crippen molar-refractivity contribution in [3.05, 3.63) is 18.2 Å². The van der Waals surface area contributed by atoms with Crippen molar-refractivity contribution in [3.8, 4) is 11.5 Å². The van der Waals surface area contributed by atoms with Crippen LogP contribution in [0.3, 0.4) is 0 Å². The maximum atomic E-state index is 5.61. The van der Waals surface area contributed by atoms with Gasteiger partial charge in [-0.2, -0.15) is 0 Å². The summed E-state index contributed by atoms with van der Waals surface area (Å²) in [5.41, 5.74) is 0. The van der Waals surface area contributed by atoms with E-state index in [1.54, 1.807) is 0 Å². The quantitative estimate of drug-likeness (QED) is 0.549. The molecule has 0 radical (unpaired) electrons. The predicted molar refractivity (Wildman–Crippen MR) is 89.8 cm³/mol. The molecule has 0 amide bonds. The highest BCUT2D eigenvalue weighted by Crippen LogP contribution is 2.34. The molecule has 0 aliphatic carbocycles. The Bertz CT molecular complexity index is 425. The van der Waals surface area contributed by atoms with Crippen LogP contribution in [0.5, 0.6) is 11.5 Å². The summed E-state index contributed by atoms with van der Waals surface area (Å²) in [7, 11) is 0. The standard InChI is InChI=1S/C17H27NO2S/c1-3-9-18-14(2)6-4-5-12-21-15-7-8-16-17(13-15)20-11-10-19-16/h7-8,13-14,18H,3-6,9-12H2,1-2H3. The third-order valence-electron chi connectivity index (χ3n) is 3.56. The summed E-state index contributed by atoms with van der Waals surface area (Å²) < 4.78 is 11.2. The van der Waals surface area contributed by atoms with Crippen LogP contribution in [0.1, 0.15) is 39.5 Å². The van der Waals surface area contributed by atoms with Crippen LogP contribution in [0.2, 0.25) is 0 Å². The molecule has 1 aliphatic heterocycles. The minimum atomic E-state index is 0.643. The molecule has 0 bridgehead atoms. The fourth-order valence-electron chi connectivity index (χ4n) is 2.35. The van der Waals surface area contributed by atoms with Crippen LogP contribution in [-0.4, -0.2) is 31.6 Å². The fraction of sp³-hybridized carbons (Fsp3) is 0.647. The second-order valence-corrected chi connectivity index (χ2v) is 6.67. The van der Waals surface area contributed by atoms with E-state index in [1.165, 1.54) is 36.3 Å². The van der Waals surface area contributed by atoms with Crippen molar-refractivity contribution < 1.29 is 9.47 Å². The number of benzene rings is 1. The van der Waals surface area contributed by atoms with Gasteiger partial charge in [0.25, 0.3) is 0 Å². The molecule has 0 aromatic heterocycles. The van der Waals surface area contributed by atoms with E-state index in [9.17, 15) is 0 Å². The van der Waals surface area contributed by atoms with Gasteiger partial charge in [0.15, 0.2) is 11.5 Å². The Labute approximate surface area is 132 Å². The second kappa shape index (κ2) is 9.21. The molecule has 1 N–H and O–H groups in total. The number of ether oxygens (including phenoxy) is 2. The fourth-order valence-corrected chi connectivity index (χ4v) is 3.29. The van der Waals surface area contributed by atoms with Crippen molar-refractivity contribution in [1.29, 1.82) is 0 Å². The van der Waals surface area contributed by atoms with Crippen molar-refractivity contribution >= 4 is 11.8 Å². The van der Waals surface area contributed by atoms with E-state index in [2.05, 4.69) is 31.3 Å². The number of nitrogens with one attached hydrogen (secondary N) is 1. The van der Waals surface area contributed by atoms with Crippen LogP contribution in [0, 0.1) is 0 Å². The number of hydrogen-bond donors (Lipinski definition) is 1. The Morgan fingerprint density at radius 1 is 1.19 bits per heavy atom. The van der Waals surface area contributed by atoms with E-state index >= 15 is 0 Å². The number of rotatable bonds is 9. The van der Waals surface area contributed by atoms with Crippen molar-refractivity contribution in [2.24, 2.45) is 0 Å². The molecule has 0 saturated carbocycles. The number of fused-ring (bicyclic) bond motifs is 1. The van der Waals surface area contributed by atoms with Crippen LogP contribution >= 0.6 is 11.8 Å². The molecule has 1 aromatic carbocycles. The van der Waals surface area contributed by atoms with Gasteiger partial charge < -0.3 is 14.8 Å². The monoisotopic (exact) mass is 309 g/mol. The molecule has 118 valence electrons. The number of unbranched alkanes of at least 4 members (excludes halogenated alkanes) is 1. The Hall–Kier alpha value is -0.870. The smallest absolute Gasteiger partial charge is 0.162 e. The molecule has 1 atom stereocenters. The molecule has 1 aromatic rings. The lowest BCUT2D eigenvalue weighted by atomic mass is 10.1. The summed E-state index contributed by atoms with van der Waals surface area (Å²) in [6.07, 6.45) is 5.03. The number of hydrogen-bond acceptors (Lipinski definition) is 4. The van der Waals surface area contributed by atoms with E-state index in [1.807, 2.05) is 17.8 Å². The highest BCUT2D eigenvalue weighted by molar-refractivity contribution is 7.99. The highest BCUT2D eigenvalue weighted by atomic mass is 32.2. The molecule has 0 fully saturated rings. The Kier molecular flexibility index (Phi) is 7.24. The van der Waals surface area contributed by atoms with Crippen LogP contribution in [-0.2, 0) is 0 Å². The largest absolute Gasteiger partial charge is 0.486 e. The van der Waals surface area contributed by atoms with Gasteiger partial charge in [-0.15, -0.1) is 11.8 Å². The van der Waals surface area contributed by atoms with Crippen LogP contribution in [0.4, 0.5) is 0 Å². The Balaban J connectivity index is 1.62. The topological polar surface area (TPSA) is 30.5 Å². The van der Waals surface area contributed by atoms with Crippen molar-refractivity contribution in [2.75, 3.05) is 25.5 Å². The maximum Gasteiger partial charge on any atom is 0.162 e. The lowest BCUT2D eigenvalue weighted by Gasteiger charge is -2.18. The average Bonchev–Trinajstić information content (AvgIpc) is 2.52. The van der Waals surface area contributed by atoms with Gasteiger partial charge in [-0.05, 0) is 56.7 Å². The summed E-state index contributed by atoms with van der Waals surface area (Å²) in [6.45, 7) is 6.94. The van der Waals surface area contributed by atoms with Gasteiger partial charge in [-0.3, -0.25) is 0 Å². The first-order valence-corrected chi connectivity index (χ1v) is 9.04. The van der Waals surface area contributed by atoms with E-state index in [0.29, 0.717) is 19.3 Å². The minimum absolute atomic E-state index is 0.643. The summed E-state index contributed by atoms with van der Waals surface area (Å²) in [5.74, 6) is 2.94. The molecule has 3 nitrogen and oxygen atoms in total. The third-order valence-corrected chi connectivity index (χ3v) is 4.64. The molecular formula is C17H27NO2S. The van der Waals surface area contributed by atoms with Gasteiger partial charge >= 0.3 is 0 Å². The summed E-state index contributed by atoms with van der Waals surface area (Å²) in [5, 5.41) is 3.54. The van der Waals surface area contributed by atoms with Gasteiger partial charge in [0.1, 0.15) is 13.2 Å². The SMILES string of the molecule is CCCNC(C)CCCCSc1ccc2c(c1)OCCO2. The van der Waals surface area contributed by atoms with E-state index in [0.717, 1.165) is 18.0 Å². The normalized spacial score (nSPS) is 15.0. The first kappa shape index (κ1) is 16.5. The summed E-state index contributed by atoms with van der Waals surface area (Å²) in [6, 6.07) is 6.89. The van der Waals surface area contributed by atoms with Gasteiger partial charge in [0, 0.05) is 10.9 Å². The Morgan fingerprint density at radius 2 is 2.00 bits per heavy atom. The van der Waals surface area contributed by atoms with Gasteiger partial charge in [0.2, 0.25) is 0 Å². The highest BCUT2D eigenvalue weighted by Gasteiger charge is 2.11. The number of thioether (sulfide) groups is 1. The molecule has 0 spiro atoms. The molecule has 1 heterocycles. The average molecular weight is 309 g/mol. The zero-order valence-electron chi connectivity index (χ0n) is 13.2. The minimum Gasteiger partial charge on any atom is -0.486 e. The van der Waals surface area contributed by atoms with Crippen molar-refractivity contribution in [1.82, 2.24) is 5.32 Å². The summed E-state index contributed by atoms with van der Waals surface area (Å²) >= 11 is 1.91. The zero-order chi connectivity index (χ0) is 14.9. The molecule has 21 heavy (non-hydrogen) atoms. The Morgan fingerprint density at radius 3 is 2.81 bits per heavy atom. The molecular weight excluding hydrogens is 282 g/mol. The zero-order valence-corrected chi connectivity index (χ0v) is 14.0. The first-order valence-electron chi connectivity index (χ1n) is 8.05. The first-order chi connectivity index (χ1) is 10.3. The van der Waals surface area contributed by atoms with Gasteiger partial charge in [-0.25, -0.2) is 0 Å². The van der Waals surface area contributed by atoms with E-state index < -0.39 is 0 Å². The second-order valence-electron chi connectivity index (χ2n) is 5.50. The van der Waals surface area contributed by atoms with Crippen molar-refractivity contribution in [3.63, 3.8) is 0 Å². The van der Waals surface area contributed by atoms with Gasteiger partial charge in [-0.1, -0.05) is 13.3 Å². The molecule has 4 heteroatoms. The van der Waals surface area contributed by atoms with Gasteiger partial charge in [0.05, 0.1) is 0 Å². The van der Waals surface area contributed by atoms with E-state index in [4.69, 9.17) is 9.47 Å². The molecule has 1 aliphatic rings. The van der Waals surface area contributed by atoms with Crippen LogP contribution in [0.15, 0.2) is 23.1 Å². The van der Waals surface area contributed by atoms with Crippen LogP contribution in [0.25, 0.3) is 0 Å². The molecule has 1 unspecified atom stereocenters. The molecule has 2 rings (SSSR count). The van der Waals surface area contributed by atoms with Crippen molar-refractivity contribution in [2.45, 2.75) is 50.5 Å². The predicted octanol–water partition coefficient (Wildman–Crippen LogP) is 4.11. The summed E-state index contributed by atoms with van der Waals surface area (Å²) in [4.78, 5) is 1.27. The van der Waals surface area contributed by atoms with E-state index in [-0.39, 0.29) is 0 Å².